The van der Waals surface area contributed by atoms with Crippen LogP contribution in [-0.2, 0) is 28.4 Å². The molecular formula is C19H18ClN3O3. The van der Waals surface area contributed by atoms with Gasteiger partial charge in [-0.05, 0) is 42.0 Å². The molecule has 7 heteroatoms. The number of rotatable bonds is 6. The summed E-state index contributed by atoms with van der Waals surface area (Å²) in [4.78, 5) is 3.97. The van der Waals surface area contributed by atoms with Crippen molar-refractivity contribution in [3.8, 4) is 5.75 Å². The Balaban J connectivity index is 1.46. The van der Waals surface area contributed by atoms with E-state index in [-0.39, 0.29) is 0 Å². The fourth-order valence-electron chi connectivity index (χ4n) is 2.88. The van der Waals surface area contributed by atoms with Crippen LogP contribution in [0.3, 0.4) is 0 Å². The molecule has 0 aliphatic carbocycles. The van der Waals surface area contributed by atoms with E-state index in [1.807, 2.05) is 48.5 Å². The Morgan fingerprint density at radius 2 is 1.77 bits per heavy atom. The van der Waals surface area contributed by atoms with Crippen LogP contribution in [0.2, 0.25) is 5.02 Å². The fraction of sp³-hybridized carbons (Fsp3) is 0.263. The normalized spacial score (nSPS) is 15.9. The lowest BCUT2D eigenvalue weighted by atomic mass is 10.1. The number of hydrogen-bond acceptors (Lipinski definition) is 5. The Hall–Kier alpha value is -2.41. The predicted octanol–water partition coefficient (Wildman–Crippen LogP) is 3.41. The molecule has 1 fully saturated rings. The van der Waals surface area contributed by atoms with Crippen LogP contribution in [0.15, 0.2) is 61.2 Å². The summed E-state index contributed by atoms with van der Waals surface area (Å²) in [5, 5.41) is 4.86. The number of halogens is 1. The highest BCUT2D eigenvalue weighted by Gasteiger charge is 2.39. The first kappa shape index (κ1) is 17.0. The molecule has 0 atom stereocenters. The van der Waals surface area contributed by atoms with E-state index in [9.17, 15) is 0 Å². The van der Waals surface area contributed by atoms with Gasteiger partial charge in [0, 0.05) is 10.6 Å². The summed E-state index contributed by atoms with van der Waals surface area (Å²) in [6, 6.07) is 15.4. The van der Waals surface area contributed by atoms with Crippen LogP contribution in [0.1, 0.15) is 11.1 Å². The zero-order chi connectivity index (χ0) is 17.8. The van der Waals surface area contributed by atoms with Crippen molar-refractivity contribution in [1.82, 2.24) is 14.8 Å². The minimum atomic E-state index is -0.845. The van der Waals surface area contributed by atoms with Gasteiger partial charge in [0.25, 0.3) is 0 Å². The van der Waals surface area contributed by atoms with Crippen molar-refractivity contribution in [2.45, 2.75) is 18.9 Å². The molecule has 0 unspecified atom stereocenters. The second-order valence-electron chi connectivity index (χ2n) is 5.98. The largest absolute Gasteiger partial charge is 0.489 e. The zero-order valence-electron chi connectivity index (χ0n) is 14.0. The van der Waals surface area contributed by atoms with E-state index in [1.165, 1.54) is 6.33 Å². The molecule has 1 aliphatic heterocycles. The first-order chi connectivity index (χ1) is 12.7. The van der Waals surface area contributed by atoms with Crippen molar-refractivity contribution in [2.75, 3.05) is 13.2 Å². The van der Waals surface area contributed by atoms with E-state index in [2.05, 4.69) is 10.1 Å². The van der Waals surface area contributed by atoms with Gasteiger partial charge in [0.1, 0.15) is 31.6 Å². The van der Waals surface area contributed by atoms with Crippen molar-refractivity contribution in [2.24, 2.45) is 0 Å². The lowest BCUT2D eigenvalue weighted by Crippen LogP contribution is -2.33. The lowest BCUT2D eigenvalue weighted by Gasteiger charge is -2.27. The molecule has 1 aliphatic rings. The maximum Gasteiger partial charge on any atom is 0.215 e. The van der Waals surface area contributed by atoms with E-state index in [0.717, 1.165) is 16.9 Å². The molecule has 4 rings (SSSR count). The maximum absolute atomic E-state index is 5.92. The molecule has 0 bridgehead atoms. The molecule has 3 aromatic rings. The third-order valence-corrected chi connectivity index (χ3v) is 4.46. The average Bonchev–Trinajstić information content (AvgIpc) is 3.35. The van der Waals surface area contributed by atoms with Gasteiger partial charge in [0.05, 0.1) is 13.2 Å². The van der Waals surface area contributed by atoms with Gasteiger partial charge in [-0.1, -0.05) is 23.7 Å². The highest BCUT2D eigenvalue weighted by atomic mass is 35.5. The Morgan fingerprint density at radius 1 is 1.04 bits per heavy atom. The van der Waals surface area contributed by atoms with Gasteiger partial charge in [-0.2, -0.15) is 5.10 Å². The van der Waals surface area contributed by atoms with Crippen LogP contribution in [0.25, 0.3) is 0 Å². The highest BCUT2D eigenvalue weighted by Crippen LogP contribution is 2.34. The van der Waals surface area contributed by atoms with E-state index in [4.69, 9.17) is 25.8 Å². The van der Waals surface area contributed by atoms with E-state index in [1.54, 1.807) is 11.0 Å². The Morgan fingerprint density at radius 3 is 2.42 bits per heavy atom. The molecule has 0 spiro atoms. The smallest absolute Gasteiger partial charge is 0.215 e. The molecule has 26 heavy (non-hydrogen) atoms. The third-order valence-electron chi connectivity index (χ3n) is 4.20. The third kappa shape index (κ3) is 3.72. The fourth-order valence-corrected chi connectivity index (χ4v) is 3.01. The first-order valence-electron chi connectivity index (χ1n) is 8.32. The summed E-state index contributed by atoms with van der Waals surface area (Å²) in [5.41, 5.74) is 1.98. The van der Waals surface area contributed by atoms with Crippen LogP contribution in [0, 0.1) is 0 Å². The predicted molar refractivity (Wildman–Crippen MR) is 95.8 cm³/mol. The number of ether oxygens (including phenoxy) is 3. The number of nitrogens with zero attached hydrogens (tertiary/aromatic N) is 3. The van der Waals surface area contributed by atoms with Crippen molar-refractivity contribution in [3.05, 3.63) is 77.3 Å². The second-order valence-corrected chi connectivity index (χ2v) is 6.42. The topological polar surface area (TPSA) is 58.4 Å². The van der Waals surface area contributed by atoms with E-state index >= 15 is 0 Å². The molecule has 0 N–H and O–H groups in total. The second kappa shape index (κ2) is 7.45. The molecule has 134 valence electrons. The Kier molecular flexibility index (Phi) is 4.88. The van der Waals surface area contributed by atoms with Crippen LogP contribution in [0.4, 0.5) is 0 Å². The van der Waals surface area contributed by atoms with Gasteiger partial charge in [0.15, 0.2) is 0 Å². The molecule has 2 aromatic carbocycles. The summed E-state index contributed by atoms with van der Waals surface area (Å²) in [5.74, 6) is -0.0693. The van der Waals surface area contributed by atoms with Gasteiger partial charge >= 0.3 is 0 Å². The van der Waals surface area contributed by atoms with Gasteiger partial charge in [-0.3, -0.25) is 0 Å². The van der Waals surface area contributed by atoms with E-state index in [0.29, 0.717) is 31.4 Å². The minimum Gasteiger partial charge on any atom is -0.489 e. The molecule has 2 heterocycles. The number of hydrogen-bond donors (Lipinski definition) is 0. The zero-order valence-corrected chi connectivity index (χ0v) is 14.8. The maximum atomic E-state index is 5.92. The van der Waals surface area contributed by atoms with Gasteiger partial charge in [0.2, 0.25) is 5.79 Å². The summed E-state index contributed by atoms with van der Waals surface area (Å²) in [7, 11) is 0. The average molecular weight is 372 g/mol. The highest BCUT2D eigenvalue weighted by molar-refractivity contribution is 6.30. The molecule has 0 radical (unpaired) electrons. The van der Waals surface area contributed by atoms with Crippen molar-refractivity contribution in [1.29, 1.82) is 0 Å². The summed E-state index contributed by atoms with van der Waals surface area (Å²) >= 11 is 5.90. The number of benzene rings is 2. The summed E-state index contributed by atoms with van der Waals surface area (Å²) < 4.78 is 19.4. The standard InChI is InChI=1S/C19H18ClN3O3/c20-17-5-1-15(2-6-17)11-24-18-7-3-16(4-8-18)19(25-9-10-26-19)12-23-14-21-13-22-23/h1-8,13-14H,9-12H2. The van der Waals surface area contributed by atoms with Gasteiger partial charge in [-0.15, -0.1) is 0 Å². The molecule has 1 aromatic heterocycles. The van der Waals surface area contributed by atoms with Gasteiger partial charge in [-0.25, -0.2) is 9.67 Å². The Bertz CT molecular complexity index is 829. The SMILES string of the molecule is Clc1ccc(COc2ccc(C3(Cn4cncn4)OCCO3)cc2)cc1. The quantitative estimate of drug-likeness (QED) is 0.664. The van der Waals surface area contributed by atoms with Gasteiger partial charge < -0.3 is 14.2 Å². The molecule has 1 saturated heterocycles. The minimum absolute atomic E-state index is 0.442. The van der Waals surface area contributed by atoms with Crippen molar-refractivity contribution in [3.63, 3.8) is 0 Å². The van der Waals surface area contributed by atoms with E-state index < -0.39 is 5.79 Å². The van der Waals surface area contributed by atoms with Crippen LogP contribution in [-0.4, -0.2) is 28.0 Å². The monoisotopic (exact) mass is 371 g/mol. The first-order valence-corrected chi connectivity index (χ1v) is 8.69. The molecule has 0 saturated carbocycles. The summed E-state index contributed by atoms with van der Waals surface area (Å²) in [6.45, 7) is 2.01. The molecule has 0 amide bonds. The van der Waals surface area contributed by atoms with Crippen molar-refractivity contribution >= 4 is 11.6 Å². The lowest BCUT2D eigenvalue weighted by molar-refractivity contribution is -0.177. The van der Waals surface area contributed by atoms with Crippen LogP contribution >= 0.6 is 11.6 Å². The molecular weight excluding hydrogens is 354 g/mol. The van der Waals surface area contributed by atoms with Crippen molar-refractivity contribution < 1.29 is 14.2 Å². The number of aromatic nitrogens is 3. The van der Waals surface area contributed by atoms with Crippen LogP contribution in [0.5, 0.6) is 5.75 Å². The van der Waals surface area contributed by atoms with Crippen LogP contribution < -0.4 is 4.74 Å². The molecule has 6 nitrogen and oxygen atoms in total. The summed E-state index contributed by atoms with van der Waals surface area (Å²) in [6.07, 6.45) is 3.15. The Labute approximate surface area is 156 Å².